The first-order valence-corrected chi connectivity index (χ1v) is 7.18. The molecular formula is C15H22BrNO. The van der Waals surface area contributed by atoms with Gasteiger partial charge in [-0.05, 0) is 38.4 Å². The standard InChI is InChI=1S/C15H22BrNO/c1-11(2)9-12(3)17(4)10-15(18)13-5-7-14(16)8-6-13/h5-8,11-12H,9-10H2,1-4H3. The molecule has 1 aromatic carbocycles. The van der Waals surface area contributed by atoms with Gasteiger partial charge in [-0.1, -0.05) is 41.9 Å². The van der Waals surface area contributed by atoms with E-state index >= 15 is 0 Å². The summed E-state index contributed by atoms with van der Waals surface area (Å²) >= 11 is 3.37. The molecule has 100 valence electrons. The maximum Gasteiger partial charge on any atom is 0.176 e. The predicted molar refractivity (Wildman–Crippen MR) is 80.0 cm³/mol. The van der Waals surface area contributed by atoms with Crippen molar-refractivity contribution >= 4 is 21.7 Å². The van der Waals surface area contributed by atoms with Gasteiger partial charge < -0.3 is 0 Å². The van der Waals surface area contributed by atoms with Gasteiger partial charge in [-0.15, -0.1) is 0 Å². The highest BCUT2D eigenvalue weighted by Gasteiger charge is 2.15. The Kier molecular flexibility index (Phi) is 6.03. The van der Waals surface area contributed by atoms with Gasteiger partial charge in [0, 0.05) is 16.1 Å². The molecule has 18 heavy (non-hydrogen) atoms. The summed E-state index contributed by atoms with van der Waals surface area (Å²) in [5.74, 6) is 0.839. The van der Waals surface area contributed by atoms with E-state index in [1.165, 1.54) is 0 Å². The summed E-state index contributed by atoms with van der Waals surface area (Å²) in [6.45, 7) is 7.08. The van der Waals surface area contributed by atoms with Crippen LogP contribution in [0.5, 0.6) is 0 Å². The quantitative estimate of drug-likeness (QED) is 0.740. The van der Waals surface area contributed by atoms with E-state index in [1.54, 1.807) is 0 Å². The normalized spacial score (nSPS) is 13.1. The fourth-order valence-electron chi connectivity index (χ4n) is 1.97. The van der Waals surface area contributed by atoms with Gasteiger partial charge >= 0.3 is 0 Å². The Labute approximate surface area is 119 Å². The molecule has 0 N–H and O–H groups in total. The Balaban J connectivity index is 2.56. The number of carbonyl (C=O) groups is 1. The second kappa shape index (κ2) is 7.05. The minimum absolute atomic E-state index is 0.181. The van der Waals surface area contributed by atoms with E-state index in [0.29, 0.717) is 18.5 Å². The number of hydrogen-bond donors (Lipinski definition) is 0. The lowest BCUT2D eigenvalue weighted by molar-refractivity contribution is 0.0916. The number of rotatable bonds is 6. The van der Waals surface area contributed by atoms with E-state index in [1.807, 2.05) is 31.3 Å². The van der Waals surface area contributed by atoms with Crippen molar-refractivity contribution in [3.63, 3.8) is 0 Å². The van der Waals surface area contributed by atoms with E-state index in [-0.39, 0.29) is 5.78 Å². The second-order valence-electron chi connectivity index (χ2n) is 5.32. The van der Waals surface area contributed by atoms with Crippen LogP contribution in [-0.4, -0.2) is 30.3 Å². The Morgan fingerprint density at radius 3 is 2.28 bits per heavy atom. The highest BCUT2D eigenvalue weighted by atomic mass is 79.9. The van der Waals surface area contributed by atoms with Crippen LogP contribution in [0.2, 0.25) is 0 Å². The molecule has 0 saturated heterocycles. The van der Waals surface area contributed by atoms with Gasteiger partial charge in [0.1, 0.15) is 0 Å². The van der Waals surface area contributed by atoms with E-state index in [4.69, 9.17) is 0 Å². The lowest BCUT2D eigenvalue weighted by Crippen LogP contribution is -2.34. The zero-order valence-corrected chi connectivity index (χ0v) is 13.2. The molecule has 0 aliphatic heterocycles. The van der Waals surface area contributed by atoms with Crippen LogP contribution in [0.25, 0.3) is 0 Å². The Morgan fingerprint density at radius 1 is 1.22 bits per heavy atom. The van der Waals surface area contributed by atoms with Crippen LogP contribution in [-0.2, 0) is 0 Å². The number of Topliss-reactive ketones (excluding diaryl/α,β-unsaturated/α-hetero) is 1. The summed E-state index contributed by atoms with van der Waals surface area (Å²) in [5.41, 5.74) is 0.779. The summed E-state index contributed by atoms with van der Waals surface area (Å²) in [5, 5.41) is 0. The molecule has 0 heterocycles. The van der Waals surface area contributed by atoms with Crippen LogP contribution in [0.1, 0.15) is 37.6 Å². The van der Waals surface area contributed by atoms with Crippen LogP contribution < -0.4 is 0 Å². The van der Waals surface area contributed by atoms with Gasteiger partial charge in [0.25, 0.3) is 0 Å². The van der Waals surface area contributed by atoms with Crippen molar-refractivity contribution in [2.75, 3.05) is 13.6 Å². The van der Waals surface area contributed by atoms with E-state index in [2.05, 4.69) is 41.6 Å². The molecule has 0 bridgehead atoms. The van der Waals surface area contributed by atoms with Gasteiger partial charge in [-0.2, -0.15) is 0 Å². The van der Waals surface area contributed by atoms with E-state index < -0.39 is 0 Å². The second-order valence-corrected chi connectivity index (χ2v) is 6.24. The van der Waals surface area contributed by atoms with Crippen LogP contribution in [0.15, 0.2) is 28.7 Å². The van der Waals surface area contributed by atoms with Gasteiger partial charge in [-0.25, -0.2) is 0 Å². The SMILES string of the molecule is CC(C)CC(C)N(C)CC(=O)c1ccc(Br)cc1. The van der Waals surface area contributed by atoms with Crippen molar-refractivity contribution in [1.29, 1.82) is 0 Å². The number of nitrogens with zero attached hydrogens (tertiary/aromatic N) is 1. The molecule has 0 saturated carbocycles. The summed E-state index contributed by atoms with van der Waals surface area (Å²) in [6, 6.07) is 7.99. The predicted octanol–water partition coefficient (Wildman–Crippen LogP) is 4.00. The van der Waals surface area contributed by atoms with Crippen LogP contribution >= 0.6 is 15.9 Å². The summed E-state index contributed by atoms with van der Waals surface area (Å²) < 4.78 is 1.00. The van der Waals surface area contributed by atoms with Crippen molar-refractivity contribution < 1.29 is 4.79 Å². The first-order valence-electron chi connectivity index (χ1n) is 6.39. The first-order chi connectivity index (χ1) is 8.40. The van der Waals surface area contributed by atoms with Gasteiger partial charge in [0.05, 0.1) is 6.54 Å². The van der Waals surface area contributed by atoms with Crippen molar-refractivity contribution in [1.82, 2.24) is 4.90 Å². The topological polar surface area (TPSA) is 20.3 Å². The molecule has 2 nitrogen and oxygen atoms in total. The molecular weight excluding hydrogens is 290 g/mol. The lowest BCUT2D eigenvalue weighted by Gasteiger charge is -2.25. The molecule has 0 amide bonds. The number of likely N-dealkylation sites (N-methyl/N-ethyl adjacent to an activating group) is 1. The number of hydrogen-bond acceptors (Lipinski definition) is 2. The Hall–Kier alpha value is -0.670. The maximum atomic E-state index is 12.1. The minimum Gasteiger partial charge on any atom is -0.296 e. The fraction of sp³-hybridized carbons (Fsp3) is 0.533. The zero-order chi connectivity index (χ0) is 13.7. The lowest BCUT2D eigenvalue weighted by atomic mass is 10.0. The van der Waals surface area contributed by atoms with E-state index in [0.717, 1.165) is 16.5 Å². The highest BCUT2D eigenvalue weighted by Crippen LogP contribution is 2.13. The Morgan fingerprint density at radius 2 is 1.78 bits per heavy atom. The molecule has 1 aromatic rings. The summed E-state index contributed by atoms with van der Waals surface area (Å²) in [4.78, 5) is 14.2. The monoisotopic (exact) mass is 311 g/mol. The van der Waals surface area contributed by atoms with Crippen LogP contribution in [0.4, 0.5) is 0 Å². The molecule has 0 radical (unpaired) electrons. The third kappa shape index (κ3) is 4.91. The average molecular weight is 312 g/mol. The van der Waals surface area contributed by atoms with Crippen molar-refractivity contribution in [3.05, 3.63) is 34.3 Å². The third-order valence-corrected chi connectivity index (χ3v) is 3.65. The molecule has 0 aromatic heterocycles. The van der Waals surface area contributed by atoms with Crippen LogP contribution in [0.3, 0.4) is 0 Å². The fourth-order valence-corrected chi connectivity index (χ4v) is 2.24. The largest absolute Gasteiger partial charge is 0.296 e. The highest BCUT2D eigenvalue weighted by molar-refractivity contribution is 9.10. The third-order valence-electron chi connectivity index (χ3n) is 3.12. The van der Waals surface area contributed by atoms with Crippen molar-refractivity contribution in [2.45, 2.75) is 33.2 Å². The Bertz CT molecular complexity index is 386. The number of halogens is 1. The van der Waals surface area contributed by atoms with Crippen LogP contribution in [0, 0.1) is 5.92 Å². The molecule has 0 fully saturated rings. The molecule has 1 unspecified atom stereocenters. The van der Waals surface area contributed by atoms with Gasteiger partial charge in [-0.3, -0.25) is 9.69 Å². The number of ketones is 1. The van der Waals surface area contributed by atoms with Crippen molar-refractivity contribution in [3.8, 4) is 0 Å². The molecule has 0 spiro atoms. The number of benzene rings is 1. The average Bonchev–Trinajstić information content (AvgIpc) is 2.28. The molecule has 0 aliphatic rings. The van der Waals surface area contributed by atoms with Crippen molar-refractivity contribution in [2.24, 2.45) is 5.92 Å². The van der Waals surface area contributed by atoms with Gasteiger partial charge in [0.2, 0.25) is 0 Å². The smallest absolute Gasteiger partial charge is 0.176 e. The maximum absolute atomic E-state index is 12.1. The summed E-state index contributed by atoms with van der Waals surface area (Å²) in [7, 11) is 2.02. The zero-order valence-electron chi connectivity index (χ0n) is 11.6. The molecule has 1 atom stereocenters. The molecule has 3 heteroatoms. The molecule has 0 aliphatic carbocycles. The number of carbonyl (C=O) groups excluding carboxylic acids is 1. The minimum atomic E-state index is 0.181. The van der Waals surface area contributed by atoms with Gasteiger partial charge in [0.15, 0.2) is 5.78 Å². The first kappa shape index (κ1) is 15.4. The summed E-state index contributed by atoms with van der Waals surface area (Å²) in [6.07, 6.45) is 1.12. The van der Waals surface area contributed by atoms with E-state index in [9.17, 15) is 4.79 Å². The molecule has 1 rings (SSSR count).